The Morgan fingerprint density at radius 1 is 1.60 bits per heavy atom. The fourth-order valence-electron chi connectivity index (χ4n) is 1.51. The standard InChI is InChI=1S/C11H16N2O2/c1-3-13(8-11(14)15)9(2)10-6-4-5-7-12-10/h4-7,9H,3,8H2,1-2H3,(H,14,15). The number of likely N-dealkylation sites (N-methyl/N-ethyl adjacent to an activating group) is 1. The van der Waals surface area contributed by atoms with E-state index >= 15 is 0 Å². The summed E-state index contributed by atoms with van der Waals surface area (Å²) in [5.41, 5.74) is 0.903. The van der Waals surface area contributed by atoms with Gasteiger partial charge in [0.1, 0.15) is 0 Å². The van der Waals surface area contributed by atoms with Crippen molar-refractivity contribution in [2.45, 2.75) is 19.9 Å². The molecule has 0 aliphatic carbocycles. The fourth-order valence-corrected chi connectivity index (χ4v) is 1.51. The molecule has 0 radical (unpaired) electrons. The smallest absolute Gasteiger partial charge is 0.317 e. The molecule has 1 rings (SSSR count). The highest BCUT2D eigenvalue weighted by Crippen LogP contribution is 2.16. The van der Waals surface area contributed by atoms with E-state index in [1.165, 1.54) is 0 Å². The van der Waals surface area contributed by atoms with Gasteiger partial charge in [0.2, 0.25) is 0 Å². The monoisotopic (exact) mass is 208 g/mol. The number of rotatable bonds is 5. The summed E-state index contributed by atoms with van der Waals surface area (Å²) < 4.78 is 0. The molecular weight excluding hydrogens is 192 g/mol. The highest BCUT2D eigenvalue weighted by Gasteiger charge is 2.17. The van der Waals surface area contributed by atoms with Gasteiger partial charge in [-0.15, -0.1) is 0 Å². The molecule has 0 aliphatic heterocycles. The molecule has 1 aromatic rings. The van der Waals surface area contributed by atoms with Crippen LogP contribution in [0.2, 0.25) is 0 Å². The van der Waals surface area contributed by atoms with Gasteiger partial charge in [-0.1, -0.05) is 13.0 Å². The fraction of sp³-hybridized carbons (Fsp3) is 0.455. The number of pyridine rings is 1. The van der Waals surface area contributed by atoms with Crippen LogP contribution in [-0.4, -0.2) is 34.0 Å². The minimum Gasteiger partial charge on any atom is -0.480 e. The first kappa shape index (κ1) is 11.7. The molecule has 0 fully saturated rings. The molecular formula is C11H16N2O2. The molecule has 82 valence electrons. The van der Waals surface area contributed by atoms with Gasteiger partial charge in [0, 0.05) is 12.2 Å². The predicted molar refractivity (Wildman–Crippen MR) is 57.5 cm³/mol. The Kier molecular flexibility index (Phi) is 4.24. The zero-order valence-corrected chi connectivity index (χ0v) is 9.05. The summed E-state index contributed by atoms with van der Waals surface area (Å²) in [7, 11) is 0. The first-order chi connectivity index (χ1) is 7.15. The first-order valence-electron chi connectivity index (χ1n) is 5.02. The molecule has 0 saturated carbocycles. The minimum absolute atomic E-state index is 0.0345. The van der Waals surface area contributed by atoms with Crippen molar-refractivity contribution in [3.8, 4) is 0 Å². The number of carboxylic acid groups (broad SMARTS) is 1. The van der Waals surface area contributed by atoms with E-state index < -0.39 is 5.97 Å². The van der Waals surface area contributed by atoms with Crippen LogP contribution in [0.4, 0.5) is 0 Å². The average Bonchev–Trinajstić information content (AvgIpc) is 2.26. The molecule has 0 spiro atoms. The van der Waals surface area contributed by atoms with E-state index in [1.807, 2.05) is 36.9 Å². The highest BCUT2D eigenvalue weighted by molar-refractivity contribution is 5.69. The summed E-state index contributed by atoms with van der Waals surface area (Å²) >= 11 is 0. The molecule has 4 heteroatoms. The molecule has 0 amide bonds. The maximum absolute atomic E-state index is 10.6. The van der Waals surface area contributed by atoms with Gasteiger partial charge >= 0.3 is 5.97 Å². The van der Waals surface area contributed by atoms with E-state index in [1.54, 1.807) is 6.20 Å². The van der Waals surface area contributed by atoms with Crippen LogP contribution >= 0.6 is 0 Å². The van der Waals surface area contributed by atoms with E-state index in [0.29, 0.717) is 6.54 Å². The average molecular weight is 208 g/mol. The van der Waals surface area contributed by atoms with Crippen LogP contribution in [-0.2, 0) is 4.79 Å². The molecule has 1 unspecified atom stereocenters. The molecule has 0 aromatic carbocycles. The van der Waals surface area contributed by atoms with Crippen LogP contribution in [0.25, 0.3) is 0 Å². The number of hydrogen-bond donors (Lipinski definition) is 1. The van der Waals surface area contributed by atoms with Gasteiger partial charge in [-0.05, 0) is 25.6 Å². The SMILES string of the molecule is CCN(CC(=O)O)C(C)c1ccccn1. The maximum atomic E-state index is 10.6. The Morgan fingerprint density at radius 3 is 2.80 bits per heavy atom. The summed E-state index contributed by atoms with van der Waals surface area (Å²) in [6.07, 6.45) is 1.72. The Balaban J connectivity index is 2.73. The van der Waals surface area contributed by atoms with Crippen molar-refractivity contribution in [1.82, 2.24) is 9.88 Å². The van der Waals surface area contributed by atoms with Crippen molar-refractivity contribution in [2.75, 3.05) is 13.1 Å². The lowest BCUT2D eigenvalue weighted by atomic mass is 10.2. The topological polar surface area (TPSA) is 53.4 Å². The van der Waals surface area contributed by atoms with E-state index in [2.05, 4.69) is 4.98 Å². The zero-order valence-electron chi connectivity index (χ0n) is 9.05. The van der Waals surface area contributed by atoms with Crippen LogP contribution in [0, 0.1) is 0 Å². The molecule has 1 N–H and O–H groups in total. The molecule has 0 bridgehead atoms. The van der Waals surface area contributed by atoms with Crippen LogP contribution in [0.5, 0.6) is 0 Å². The predicted octanol–water partition coefficient (Wildman–Crippen LogP) is 1.55. The lowest BCUT2D eigenvalue weighted by Gasteiger charge is -2.25. The lowest BCUT2D eigenvalue weighted by molar-refractivity contribution is -0.138. The van der Waals surface area contributed by atoms with Crippen LogP contribution in [0.15, 0.2) is 24.4 Å². The van der Waals surface area contributed by atoms with Crippen LogP contribution < -0.4 is 0 Å². The molecule has 1 atom stereocenters. The van der Waals surface area contributed by atoms with Gasteiger partial charge < -0.3 is 5.11 Å². The minimum atomic E-state index is -0.806. The van der Waals surface area contributed by atoms with E-state index in [0.717, 1.165) is 5.69 Å². The second-order valence-electron chi connectivity index (χ2n) is 3.39. The number of aliphatic carboxylic acids is 1. The Hall–Kier alpha value is -1.42. The third-order valence-corrected chi connectivity index (χ3v) is 2.41. The number of nitrogens with zero attached hydrogens (tertiary/aromatic N) is 2. The molecule has 4 nitrogen and oxygen atoms in total. The van der Waals surface area contributed by atoms with Crippen molar-refractivity contribution >= 4 is 5.97 Å². The van der Waals surface area contributed by atoms with Gasteiger partial charge in [-0.25, -0.2) is 0 Å². The summed E-state index contributed by atoms with van der Waals surface area (Å²) in [5.74, 6) is -0.806. The van der Waals surface area contributed by atoms with Gasteiger partial charge in [0.25, 0.3) is 0 Å². The Bertz CT molecular complexity index is 314. The largest absolute Gasteiger partial charge is 0.480 e. The van der Waals surface area contributed by atoms with E-state index in [4.69, 9.17) is 5.11 Å². The number of hydrogen-bond acceptors (Lipinski definition) is 3. The molecule has 0 aliphatic rings. The Labute approximate surface area is 89.6 Å². The second-order valence-corrected chi connectivity index (χ2v) is 3.39. The van der Waals surface area contributed by atoms with Gasteiger partial charge in [0.05, 0.1) is 12.2 Å². The van der Waals surface area contributed by atoms with Crippen LogP contribution in [0.1, 0.15) is 25.6 Å². The molecule has 1 heterocycles. The molecule has 0 saturated heterocycles. The van der Waals surface area contributed by atoms with Gasteiger partial charge in [0.15, 0.2) is 0 Å². The third kappa shape index (κ3) is 3.32. The first-order valence-corrected chi connectivity index (χ1v) is 5.02. The van der Waals surface area contributed by atoms with Crippen molar-refractivity contribution < 1.29 is 9.90 Å². The van der Waals surface area contributed by atoms with Crippen LogP contribution in [0.3, 0.4) is 0 Å². The lowest BCUT2D eigenvalue weighted by Crippen LogP contribution is -2.32. The maximum Gasteiger partial charge on any atom is 0.317 e. The quantitative estimate of drug-likeness (QED) is 0.797. The summed E-state index contributed by atoms with van der Waals surface area (Å²) in [4.78, 5) is 16.7. The van der Waals surface area contributed by atoms with E-state index in [-0.39, 0.29) is 12.6 Å². The summed E-state index contributed by atoms with van der Waals surface area (Å²) in [5, 5.41) is 8.75. The summed E-state index contributed by atoms with van der Waals surface area (Å²) in [6, 6.07) is 5.71. The van der Waals surface area contributed by atoms with E-state index in [9.17, 15) is 4.79 Å². The Morgan fingerprint density at radius 2 is 2.33 bits per heavy atom. The van der Waals surface area contributed by atoms with Crippen molar-refractivity contribution in [3.05, 3.63) is 30.1 Å². The molecule has 15 heavy (non-hydrogen) atoms. The third-order valence-electron chi connectivity index (χ3n) is 2.41. The second kappa shape index (κ2) is 5.46. The van der Waals surface area contributed by atoms with Gasteiger partial charge in [-0.3, -0.25) is 14.7 Å². The summed E-state index contributed by atoms with van der Waals surface area (Å²) in [6.45, 7) is 4.66. The molecule has 1 aromatic heterocycles. The number of carboxylic acids is 1. The van der Waals surface area contributed by atoms with Gasteiger partial charge in [-0.2, -0.15) is 0 Å². The highest BCUT2D eigenvalue weighted by atomic mass is 16.4. The van der Waals surface area contributed by atoms with Crippen molar-refractivity contribution in [1.29, 1.82) is 0 Å². The van der Waals surface area contributed by atoms with Crippen molar-refractivity contribution in [2.24, 2.45) is 0 Å². The number of carbonyl (C=O) groups is 1. The van der Waals surface area contributed by atoms with Crippen molar-refractivity contribution in [3.63, 3.8) is 0 Å². The normalized spacial score (nSPS) is 12.7. The number of aromatic nitrogens is 1. The zero-order chi connectivity index (χ0) is 11.3.